The Kier molecular flexibility index (Phi) is 4.96. The molecule has 0 fully saturated rings. The topological polar surface area (TPSA) is 58.6 Å². The Bertz CT molecular complexity index is 364. The van der Waals surface area contributed by atoms with Crippen LogP contribution in [0.3, 0.4) is 0 Å². The summed E-state index contributed by atoms with van der Waals surface area (Å²) in [7, 11) is -0.893. The van der Waals surface area contributed by atoms with Crippen LogP contribution in [0.2, 0.25) is 0 Å². The number of hydrogen-bond acceptors (Lipinski definition) is 3. The average molecular weight is 239 g/mol. The number of nitrogens with one attached hydrogen (secondary N) is 1. The lowest BCUT2D eigenvalue weighted by molar-refractivity contribution is 0.0697. The van der Waals surface area contributed by atoms with E-state index in [9.17, 15) is 4.79 Å². The monoisotopic (exact) mass is 239 g/mol. The maximum atomic E-state index is 10.6. The predicted molar refractivity (Wildman–Crippen MR) is 65.8 cm³/mol. The second kappa shape index (κ2) is 6.26. The van der Waals surface area contributed by atoms with E-state index in [2.05, 4.69) is 11.7 Å². The lowest BCUT2D eigenvalue weighted by Gasteiger charge is -2.14. The maximum Gasteiger partial charge on any atom is 0.335 e. The van der Waals surface area contributed by atoms with Crippen LogP contribution < -0.4 is 5.09 Å². The van der Waals surface area contributed by atoms with E-state index in [1.54, 1.807) is 30.1 Å². The highest BCUT2D eigenvalue weighted by Crippen LogP contribution is 2.37. The minimum atomic E-state index is -0.928. The molecular weight excluding hydrogens is 225 g/mol. The number of hydrogen-bond donors (Lipinski definition) is 2. The zero-order valence-electron chi connectivity index (χ0n) is 9.01. The summed E-state index contributed by atoms with van der Waals surface area (Å²) >= 11 is 0. The van der Waals surface area contributed by atoms with Gasteiger partial charge in [0.25, 0.3) is 0 Å². The summed E-state index contributed by atoms with van der Waals surface area (Å²) in [5.41, 5.74) is 1.09. The molecule has 86 valence electrons. The summed E-state index contributed by atoms with van der Waals surface area (Å²) in [6.45, 7) is 6.19. The first kappa shape index (κ1) is 12.7. The van der Waals surface area contributed by atoms with Gasteiger partial charge in [0.15, 0.2) is 8.30 Å². The lowest BCUT2D eigenvalue weighted by Crippen LogP contribution is -1.97. The van der Waals surface area contributed by atoms with Crippen LogP contribution in [-0.4, -0.2) is 17.7 Å². The third-order valence-corrected chi connectivity index (χ3v) is 3.15. The number of anilines is 1. The highest BCUT2D eigenvalue weighted by atomic mass is 31.2. The fourth-order valence-electron chi connectivity index (χ4n) is 1.08. The molecule has 4 nitrogen and oxygen atoms in total. The Morgan fingerprint density at radius 3 is 2.62 bits per heavy atom. The van der Waals surface area contributed by atoms with Crippen LogP contribution in [0.4, 0.5) is 5.69 Å². The molecule has 1 rings (SSSR count). The maximum absolute atomic E-state index is 10.6. The molecule has 2 N–H and O–H groups in total. The summed E-state index contributed by atoms with van der Waals surface area (Å²) in [6, 6.07) is 6.52. The SMILES string of the molecule is C=CP(Nc1ccc(C(=O)O)cc1)OCC. The molecule has 0 aromatic heterocycles. The van der Waals surface area contributed by atoms with Gasteiger partial charge in [0, 0.05) is 5.69 Å². The fraction of sp³-hybridized carbons (Fsp3) is 0.182. The van der Waals surface area contributed by atoms with Crippen molar-refractivity contribution in [1.82, 2.24) is 0 Å². The Balaban J connectivity index is 2.67. The van der Waals surface area contributed by atoms with Gasteiger partial charge in [-0.25, -0.2) is 4.79 Å². The molecule has 0 spiro atoms. The van der Waals surface area contributed by atoms with Crippen LogP contribution in [0, 0.1) is 0 Å². The molecule has 0 aliphatic heterocycles. The molecule has 0 saturated carbocycles. The van der Waals surface area contributed by atoms with Gasteiger partial charge < -0.3 is 14.7 Å². The summed E-state index contributed by atoms with van der Waals surface area (Å²) in [4.78, 5) is 10.6. The van der Waals surface area contributed by atoms with Crippen molar-refractivity contribution in [2.24, 2.45) is 0 Å². The van der Waals surface area contributed by atoms with E-state index in [0.717, 1.165) is 5.69 Å². The largest absolute Gasteiger partial charge is 0.478 e. The lowest BCUT2D eigenvalue weighted by atomic mass is 10.2. The van der Waals surface area contributed by atoms with E-state index in [-0.39, 0.29) is 5.56 Å². The third-order valence-electron chi connectivity index (χ3n) is 1.81. The first-order chi connectivity index (χ1) is 7.67. The van der Waals surface area contributed by atoms with Gasteiger partial charge in [-0.05, 0) is 37.0 Å². The van der Waals surface area contributed by atoms with Gasteiger partial charge in [-0.3, -0.25) is 0 Å². The van der Waals surface area contributed by atoms with Gasteiger partial charge in [-0.1, -0.05) is 6.58 Å². The van der Waals surface area contributed by atoms with Crippen LogP contribution >= 0.6 is 8.30 Å². The third kappa shape index (κ3) is 3.65. The Morgan fingerprint density at radius 2 is 2.19 bits per heavy atom. The quantitative estimate of drug-likeness (QED) is 0.748. The molecule has 0 aliphatic rings. The molecule has 0 radical (unpaired) electrons. The van der Waals surface area contributed by atoms with Gasteiger partial charge in [-0.15, -0.1) is 0 Å². The molecule has 0 aliphatic carbocycles. The van der Waals surface area contributed by atoms with Crippen molar-refractivity contribution in [2.45, 2.75) is 6.92 Å². The van der Waals surface area contributed by atoms with Gasteiger partial charge in [0.1, 0.15) is 0 Å². The number of carboxylic acid groups (broad SMARTS) is 1. The van der Waals surface area contributed by atoms with Gasteiger partial charge >= 0.3 is 5.97 Å². The summed E-state index contributed by atoms with van der Waals surface area (Å²) in [5.74, 6) is 0.784. The van der Waals surface area contributed by atoms with E-state index in [4.69, 9.17) is 9.63 Å². The zero-order chi connectivity index (χ0) is 12.0. The molecule has 1 aromatic rings. The predicted octanol–water partition coefficient (Wildman–Crippen LogP) is 3.29. The zero-order valence-corrected chi connectivity index (χ0v) is 9.91. The van der Waals surface area contributed by atoms with Crippen molar-refractivity contribution in [3.05, 3.63) is 42.2 Å². The van der Waals surface area contributed by atoms with E-state index in [1.165, 1.54) is 0 Å². The Labute approximate surface area is 95.8 Å². The molecule has 1 atom stereocenters. The normalized spacial score (nSPS) is 11.8. The Morgan fingerprint density at radius 1 is 1.56 bits per heavy atom. The summed E-state index contributed by atoms with van der Waals surface area (Å²) in [6.07, 6.45) is 0. The van der Waals surface area contributed by atoms with E-state index >= 15 is 0 Å². The number of carboxylic acids is 1. The summed E-state index contributed by atoms with van der Waals surface area (Å²) < 4.78 is 5.39. The van der Waals surface area contributed by atoms with Gasteiger partial charge in [0.05, 0.1) is 12.2 Å². The van der Waals surface area contributed by atoms with Gasteiger partial charge in [-0.2, -0.15) is 0 Å². The van der Waals surface area contributed by atoms with Crippen molar-refractivity contribution >= 4 is 20.0 Å². The van der Waals surface area contributed by atoms with Crippen LogP contribution in [0.15, 0.2) is 36.7 Å². The second-order valence-electron chi connectivity index (χ2n) is 2.92. The number of aromatic carboxylic acids is 1. The highest BCUT2D eigenvalue weighted by Gasteiger charge is 2.05. The van der Waals surface area contributed by atoms with Crippen molar-refractivity contribution in [1.29, 1.82) is 0 Å². The van der Waals surface area contributed by atoms with Crippen molar-refractivity contribution in [2.75, 3.05) is 11.7 Å². The minimum absolute atomic E-state index is 0.268. The van der Waals surface area contributed by atoms with Crippen LogP contribution in [0.5, 0.6) is 0 Å². The van der Waals surface area contributed by atoms with Crippen molar-refractivity contribution in [3.8, 4) is 0 Å². The van der Waals surface area contributed by atoms with Crippen molar-refractivity contribution in [3.63, 3.8) is 0 Å². The van der Waals surface area contributed by atoms with Crippen molar-refractivity contribution < 1.29 is 14.4 Å². The molecule has 16 heavy (non-hydrogen) atoms. The highest BCUT2D eigenvalue weighted by molar-refractivity contribution is 7.57. The fourth-order valence-corrected chi connectivity index (χ4v) is 2.03. The first-order valence-electron chi connectivity index (χ1n) is 4.82. The van der Waals surface area contributed by atoms with Crippen LogP contribution in [0.25, 0.3) is 0 Å². The first-order valence-corrected chi connectivity index (χ1v) is 6.15. The number of benzene rings is 1. The van der Waals surface area contributed by atoms with E-state index in [0.29, 0.717) is 6.61 Å². The molecular formula is C11H14NO3P. The molecule has 0 bridgehead atoms. The molecule has 0 heterocycles. The average Bonchev–Trinajstić information content (AvgIpc) is 2.29. The molecule has 1 unspecified atom stereocenters. The smallest absolute Gasteiger partial charge is 0.335 e. The van der Waals surface area contributed by atoms with Crippen LogP contribution in [-0.2, 0) is 4.52 Å². The summed E-state index contributed by atoms with van der Waals surface area (Å²) in [5, 5.41) is 11.9. The standard InChI is InChI=1S/C11H14NO3P/c1-3-15-16(4-2)12-10-7-5-9(6-8-10)11(13)14/h4-8,12H,2-3H2,1H3,(H,13,14). The van der Waals surface area contributed by atoms with E-state index in [1.807, 2.05) is 6.92 Å². The molecule has 0 amide bonds. The number of carbonyl (C=O) groups is 1. The van der Waals surface area contributed by atoms with E-state index < -0.39 is 14.3 Å². The van der Waals surface area contributed by atoms with Gasteiger partial charge in [0.2, 0.25) is 0 Å². The molecule has 0 saturated heterocycles. The minimum Gasteiger partial charge on any atom is -0.478 e. The molecule has 1 aromatic carbocycles. The van der Waals surface area contributed by atoms with Crippen LogP contribution in [0.1, 0.15) is 17.3 Å². The number of rotatable bonds is 6. The Hall–Kier alpha value is -1.38. The molecule has 5 heteroatoms. The second-order valence-corrected chi connectivity index (χ2v) is 4.42.